The van der Waals surface area contributed by atoms with E-state index in [1.807, 2.05) is 20.8 Å². The molecule has 0 saturated heterocycles. The van der Waals surface area contributed by atoms with Crippen molar-refractivity contribution in [3.05, 3.63) is 34.2 Å². The second-order valence-corrected chi connectivity index (χ2v) is 5.98. The van der Waals surface area contributed by atoms with Gasteiger partial charge in [-0.1, -0.05) is 0 Å². The summed E-state index contributed by atoms with van der Waals surface area (Å²) >= 11 is 0. The van der Waals surface area contributed by atoms with Crippen molar-refractivity contribution >= 4 is 11.8 Å². The summed E-state index contributed by atoms with van der Waals surface area (Å²) in [5.74, 6) is -0.541. The van der Waals surface area contributed by atoms with E-state index in [9.17, 15) is 14.4 Å². The molecule has 0 aliphatic rings. The SMILES string of the molecule is CCN(CC(=O)NC(C)(C)C)C(=O)c1ccn(C)c(=O)c1. The molecule has 1 aromatic rings. The van der Waals surface area contributed by atoms with Gasteiger partial charge in [-0.25, -0.2) is 0 Å². The zero-order chi connectivity index (χ0) is 16.2. The van der Waals surface area contributed by atoms with E-state index in [0.717, 1.165) is 0 Å². The summed E-state index contributed by atoms with van der Waals surface area (Å²) in [5, 5.41) is 2.81. The average Bonchev–Trinajstić information content (AvgIpc) is 2.36. The van der Waals surface area contributed by atoms with Crippen LogP contribution >= 0.6 is 0 Å². The molecular weight excluding hydrogens is 270 g/mol. The first-order valence-corrected chi connectivity index (χ1v) is 6.91. The Morgan fingerprint density at radius 3 is 2.43 bits per heavy atom. The molecule has 1 N–H and O–H groups in total. The van der Waals surface area contributed by atoms with E-state index in [1.165, 1.54) is 15.5 Å². The van der Waals surface area contributed by atoms with Crippen LogP contribution in [0.25, 0.3) is 0 Å². The molecular formula is C15H23N3O3. The Hall–Kier alpha value is -2.11. The lowest BCUT2D eigenvalue weighted by molar-refractivity contribution is -0.123. The highest BCUT2D eigenvalue weighted by Crippen LogP contribution is 2.04. The van der Waals surface area contributed by atoms with Crippen LogP contribution < -0.4 is 10.9 Å². The summed E-state index contributed by atoms with van der Waals surface area (Å²) in [6.07, 6.45) is 1.54. The van der Waals surface area contributed by atoms with Crippen LogP contribution in [0.1, 0.15) is 38.1 Å². The molecule has 6 heteroatoms. The molecule has 116 valence electrons. The van der Waals surface area contributed by atoms with Gasteiger partial charge in [0.2, 0.25) is 5.91 Å². The fourth-order valence-corrected chi connectivity index (χ4v) is 1.82. The normalized spacial score (nSPS) is 11.1. The van der Waals surface area contributed by atoms with Gasteiger partial charge in [0.25, 0.3) is 11.5 Å². The molecule has 0 atom stereocenters. The number of aromatic nitrogens is 1. The highest BCUT2D eigenvalue weighted by atomic mass is 16.2. The van der Waals surface area contributed by atoms with E-state index in [0.29, 0.717) is 12.1 Å². The van der Waals surface area contributed by atoms with Crippen LogP contribution in [0.15, 0.2) is 23.1 Å². The van der Waals surface area contributed by atoms with Gasteiger partial charge in [0.05, 0.1) is 6.54 Å². The summed E-state index contributed by atoms with van der Waals surface area (Å²) in [4.78, 5) is 37.2. The number of carbonyl (C=O) groups is 2. The molecule has 0 aliphatic heterocycles. The minimum atomic E-state index is -0.345. The molecule has 0 aliphatic carbocycles. The Morgan fingerprint density at radius 2 is 1.95 bits per heavy atom. The van der Waals surface area contributed by atoms with Crippen molar-refractivity contribution < 1.29 is 9.59 Å². The third-order valence-corrected chi connectivity index (χ3v) is 2.87. The predicted octanol–water partition coefficient (Wildman–Crippen LogP) is 0.762. The van der Waals surface area contributed by atoms with E-state index in [4.69, 9.17) is 0 Å². The monoisotopic (exact) mass is 293 g/mol. The van der Waals surface area contributed by atoms with Crippen LogP contribution in [0.4, 0.5) is 0 Å². The largest absolute Gasteiger partial charge is 0.350 e. The topological polar surface area (TPSA) is 71.4 Å². The molecule has 0 spiro atoms. The van der Waals surface area contributed by atoms with Crippen molar-refractivity contribution in [3.63, 3.8) is 0 Å². The van der Waals surface area contributed by atoms with Crippen molar-refractivity contribution in [1.29, 1.82) is 0 Å². The number of pyridine rings is 1. The summed E-state index contributed by atoms with van der Waals surface area (Å²) < 4.78 is 1.39. The minimum Gasteiger partial charge on any atom is -0.350 e. The Bertz CT molecular complexity index is 585. The van der Waals surface area contributed by atoms with Crippen LogP contribution in [-0.4, -0.2) is 39.9 Å². The van der Waals surface area contributed by atoms with Crippen LogP contribution in [0, 0.1) is 0 Å². The predicted molar refractivity (Wildman–Crippen MR) is 81.2 cm³/mol. The van der Waals surface area contributed by atoms with Crippen LogP contribution in [-0.2, 0) is 11.8 Å². The third-order valence-electron chi connectivity index (χ3n) is 2.87. The van der Waals surface area contributed by atoms with Crippen molar-refractivity contribution in [2.45, 2.75) is 33.2 Å². The highest BCUT2D eigenvalue weighted by Gasteiger charge is 2.20. The first kappa shape index (κ1) is 16.9. The van der Waals surface area contributed by atoms with Gasteiger partial charge in [0, 0.05) is 37.0 Å². The van der Waals surface area contributed by atoms with Crippen LogP contribution in [0.5, 0.6) is 0 Å². The maximum atomic E-state index is 12.3. The number of likely N-dealkylation sites (N-methyl/N-ethyl adjacent to an activating group) is 1. The number of carbonyl (C=O) groups excluding carboxylic acids is 2. The molecule has 1 rings (SSSR count). The number of nitrogens with zero attached hydrogens (tertiary/aromatic N) is 2. The summed E-state index contributed by atoms with van der Waals surface area (Å²) in [5.41, 5.74) is -0.304. The summed E-state index contributed by atoms with van der Waals surface area (Å²) in [6, 6.07) is 2.86. The van der Waals surface area contributed by atoms with Gasteiger partial charge in [0.1, 0.15) is 0 Å². The lowest BCUT2D eigenvalue weighted by Crippen LogP contribution is -2.47. The molecule has 0 unspecified atom stereocenters. The van der Waals surface area contributed by atoms with Gasteiger partial charge >= 0.3 is 0 Å². The lowest BCUT2D eigenvalue weighted by Gasteiger charge is -2.25. The van der Waals surface area contributed by atoms with E-state index < -0.39 is 0 Å². The fraction of sp³-hybridized carbons (Fsp3) is 0.533. The number of nitrogens with one attached hydrogen (secondary N) is 1. The van der Waals surface area contributed by atoms with Crippen molar-refractivity contribution in [3.8, 4) is 0 Å². The minimum absolute atomic E-state index is 0.0260. The highest BCUT2D eigenvalue weighted by molar-refractivity contribution is 5.96. The van der Waals surface area contributed by atoms with Gasteiger partial charge in [-0.2, -0.15) is 0 Å². The van der Waals surface area contributed by atoms with Crippen molar-refractivity contribution in [1.82, 2.24) is 14.8 Å². The van der Waals surface area contributed by atoms with Gasteiger partial charge < -0.3 is 14.8 Å². The zero-order valence-corrected chi connectivity index (χ0v) is 13.3. The van der Waals surface area contributed by atoms with Gasteiger partial charge in [-0.3, -0.25) is 14.4 Å². The molecule has 0 aromatic carbocycles. The molecule has 0 fully saturated rings. The van der Waals surface area contributed by atoms with Crippen LogP contribution in [0.2, 0.25) is 0 Å². The lowest BCUT2D eigenvalue weighted by atomic mass is 10.1. The van der Waals surface area contributed by atoms with Gasteiger partial charge in [-0.15, -0.1) is 0 Å². The maximum absolute atomic E-state index is 12.3. The summed E-state index contributed by atoms with van der Waals surface area (Å²) in [6.45, 7) is 7.80. The van der Waals surface area contributed by atoms with E-state index in [2.05, 4.69) is 5.32 Å². The van der Waals surface area contributed by atoms with E-state index >= 15 is 0 Å². The fourth-order valence-electron chi connectivity index (χ4n) is 1.82. The third kappa shape index (κ3) is 5.06. The smallest absolute Gasteiger partial charge is 0.254 e. The molecule has 0 bridgehead atoms. The molecule has 2 amide bonds. The second kappa shape index (κ2) is 6.56. The molecule has 0 saturated carbocycles. The Kier molecular flexibility index (Phi) is 5.29. The molecule has 1 aromatic heterocycles. The van der Waals surface area contributed by atoms with E-state index in [1.54, 1.807) is 26.2 Å². The zero-order valence-electron chi connectivity index (χ0n) is 13.3. The number of amides is 2. The van der Waals surface area contributed by atoms with Gasteiger partial charge in [0.15, 0.2) is 0 Å². The summed E-state index contributed by atoms with van der Waals surface area (Å²) in [7, 11) is 1.62. The Balaban J connectivity index is 2.84. The van der Waals surface area contributed by atoms with Crippen molar-refractivity contribution in [2.24, 2.45) is 7.05 Å². The van der Waals surface area contributed by atoms with Crippen LogP contribution in [0.3, 0.4) is 0 Å². The molecule has 0 radical (unpaired) electrons. The number of rotatable bonds is 4. The molecule has 6 nitrogen and oxygen atoms in total. The number of aryl methyl sites for hydroxylation is 1. The molecule has 21 heavy (non-hydrogen) atoms. The average molecular weight is 293 g/mol. The maximum Gasteiger partial charge on any atom is 0.254 e. The standard InChI is InChI=1S/C15H23N3O3/c1-6-18(10-12(19)16-15(2,3)4)14(21)11-7-8-17(5)13(20)9-11/h7-9H,6,10H2,1-5H3,(H,16,19). The number of hydrogen-bond acceptors (Lipinski definition) is 3. The van der Waals surface area contributed by atoms with E-state index in [-0.39, 0.29) is 29.5 Å². The Labute approximate surface area is 124 Å². The van der Waals surface area contributed by atoms with Crippen molar-refractivity contribution in [2.75, 3.05) is 13.1 Å². The Morgan fingerprint density at radius 1 is 1.33 bits per heavy atom. The first-order valence-electron chi connectivity index (χ1n) is 6.91. The van der Waals surface area contributed by atoms with Gasteiger partial charge in [-0.05, 0) is 33.8 Å². The second-order valence-electron chi connectivity index (χ2n) is 5.98. The molecule has 1 heterocycles. The quantitative estimate of drug-likeness (QED) is 0.891. The number of hydrogen-bond donors (Lipinski definition) is 1. The first-order chi connectivity index (χ1) is 9.64.